The molecule has 1 aromatic carbocycles. The molecule has 0 aliphatic carbocycles. The molecule has 200 valence electrons. The van der Waals surface area contributed by atoms with Gasteiger partial charge in [-0.15, -0.1) is 0 Å². The molecule has 0 fully saturated rings. The third-order valence-electron chi connectivity index (χ3n) is 6.59. The molecular formula is C27H28FN3O7. The maximum absolute atomic E-state index is 14.8. The van der Waals surface area contributed by atoms with Crippen LogP contribution in [0.3, 0.4) is 0 Å². The summed E-state index contributed by atoms with van der Waals surface area (Å²) >= 11 is 0. The molecule has 1 atom stereocenters. The van der Waals surface area contributed by atoms with E-state index in [-0.39, 0.29) is 55.2 Å². The SMILES string of the molecule is CC[C@@]1(O)C(=O)OCc2c1cc1n(c2=O)Cc2cc3cc(OCCNC(=O)OC(C)(C)C)c(F)cc3nc2-1. The van der Waals surface area contributed by atoms with Crippen molar-refractivity contribution >= 4 is 23.0 Å². The van der Waals surface area contributed by atoms with Gasteiger partial charge >= 0.3 is 12.1 Å². The van der Waals surface area contributed by atoms with Crippen LogP contribution in [-0.4, -0.2) is 45.5 Å². The number of nitrogens with one attached hydrogen (secondary N) is 1. The van der Waals surface area contributed by atoms with Gasteiger partial charge in [0.05, 0.1) is 35.6 Å². The Morgan fingerprint density at radius 3 is 2.74 bits per heavy atom. The van der Waals surface area contributed by atoms with Crippen LogP contribution in [0.25, 0.3) is 22.3 Å². The number of aliphatic hydroxyl groups is 1. The first kappa shape index (κ1) is 25.7. The number of amides is 1. The Morgan fingerprint density at radius 1 is 1.26 bits per heavy atom. The third kappa shape index (κ3) is 4.36. The second-order valence-electron chi connectivity index (χ2n) is 10.4. The van der Waals surface area contributed by atoms with E-state index in [0.717, 1.165) is 5.56 Å². The van der Waals surface area contributed by atoms with Crippen molar-refractivity contribution < 1.29 is 33.3 Å². The number of hydrogen-bond donors (Lipinski definition) is 2. The van der Waals surface area contributed by atoms with Gasteiger partial charge in [0.25, 0.3) is 5.56 Å². The number of fused-ring (bicyclic) bond motifs is 5. The average molecular weight is 526 g/mol. The Bertz CT molecular complexity index is 1540. The summed E-state index contributed by atoms with van der Waals surface area (Å²) in [5.74, 6) is -1.43. The molecule has 4 heterocycles. The van der Waals surface area contributed by atoms with Gasteiger partial charge in [-0.05, 0) is 45.4 Å². The lowest BCUT2D eigenvalue weighted by Gasteiger charge is -2.31. The van der Waals surface area contributed by atoms with Crippen LogP contribution in [0.15, 0.2) is 29.1 Å². The molecule has 2 aliphatic heterocycles. The van der Waals surface area contributed by atoms with E-state index in [1.807, 2.05) is 6.07 Å². The summed E-state index contributed by atoms with van der Waals surface area (Å²) < 4.78 is 32.1. The fourth-order valence-electron chi connectivity index (χ4n) is 4.72. The Hall–Kier alpha value is -3.99. The topological polar surface area (TPSA) is 129 Å². The number of alkyl carbamates (subject to hydrolysis) is 1. The third-order valence-corrected chi connectivity index (χ3v) is 6.59. The van der Waals surface area contributed by atoms with Crippen LogP contribution in [0, 0.1) is 5.82 Å². The number of rotatable bonds is 5. The van der Waals surface area contributed by atoms with Gasteiger partial charge in [0.1, 0.15) is 18.8 Å². The highest BCUT2D eigenvalue weighted by atomic mass is 19.1. The van der Waals surface area contributed by atoms with Crippen molar-refractivity contribution in [1.82, 2.24) is 14.9 Å². The molecule has 38 heavy (non-hydrogen) atoms. The molecule has 0 unspecified atom stereocenters. The number of aromatic nitrogens is 2. The number of nitrogens with zero attached hydrogens (tertiary/aromatic N) is 2. The Labute approximate surface area is 217 Å². The summed E-state index contributed by atoms with van der Waals surface area (Å²) in [6, 6.07) is 6.18. The van der Waals surface area contributed by atoms with Gasteiger partial charge in [-0.2, -0.15) is 0 Å². The van der Waals surface area contributed by atoms with Gasteiger partial charge in [0.15, 0.2) is 17.2 Å². The smallest absolute Gasteiger partial charge is 0.407 e. The molecule has 0 saturated carbocycles. The zero-order valence-electron chi connectivity index (χ0n) is 21.5. The van der Waals surface area contributed by atoms with Crippen LogP contribution in [-0.2, 0) is 33.0 Å². The molecule has 2 aliphatic rings. The standard InChI is InChI=1S/C27H28FN3O7/c1-5-27(35)17-10-20-22-15(12-31(20)23(32)16(17)13-37-24(27)33)8-14-9-21(18(28)11-19(14)30-22)36-7-6-29-25(34)38-26(2,3)4/h8-11,35H,5-7,12-13H2,1-4H3,(H,29,34)/t27-/m0/s1. The molecule has 0 bridgehead atoms. The van der Waals surface area contributed by atoms with Crippen molar-refractivity contribution in [2.75, 3.05) is 13.2 Å². The maximum Gasteiger partial charge on any atom is 0.407 e. The van der Waals surface area contributed by atoms with E-state index in [2.05, 4.69) is 10.3 Å². The Balaban J connectivity index is 1.42. The summed E-state index contributed by atoms with van der Waals surface area (Å²) in [4.78, 5) is 42.0. The molecule has 2 N–H and O–H groups in total. The number of cyclic esters (lactones) is 1. The van der Waals surface area contributed by atoms with Crippen LogP contribution in [0.4, 0.5) is 9.18 Å². The highest BCUT2D eigenvalue weighted by Gasteiger charge is 2.45. The van der Waals surface area contributed by atoms with E-state index in [1.165, 1.54) is 16.7 Å². The van der Waals surface area contributed by atoms with Crippen molar-refractivity contribution in [2.24, 2.45) is 0 Å². The van der Waals surface area contributed by atoms with Gasteiger partial charge < -0.3 is 29.2 Å². The van der Waals surface area contributed by atoms with Gasteiger partial charge in [0.2, 0.25) is 0 Å². The van der Waals surface area contributed by atoms with E-state index >= 15 is 0 Å². The summed E-state index contributed by atoms with van der Waals surface area (Å²) in [6.45, 7) is 7.05. The highest BCUT2D eigenvalue weighted by Crippen LogP contribution is 2.39. The van der Waals surface area contributed by atoms with E-state index < -0.39 is 29.1 Å². The van der Waals surface area contributed by atoms with Crippen LogP contribution < -0.4 is 15.6 Å². The number of benzene rings is 1. The molecule has 5 rings (SSSR count). The number of esters is 1. The minimum Gasteiger partial charge on any atom is -0.489 e. The van der Waals surface area contributed by atoms with Gasteiger partial charge in [-0.1, -0.05) is 6.92 Å². The summed E-state index contributed by atoms with van der Waals surface area (Å²) in [5, 5.41) is 14.1. The quantitative estimate of drug-likeness (QED) is 0.300. The molecule has 2 aromatic heterocycles. The molecule has 0 spiro atoms. The minimum atomic E-state index is -1.92. The van der Waals surface area contributed by atoms with Crippen molar-refractivity contribution in [1.29, 1.82) is 0 Å². The first-order valence-corrected chi connectivity index (χ1v) is 12.3. The average Bonchev–Trinajstić information content (AvgIpc) is 3.20. The fraction of sp³-hybridized carbons (Fsp3) is 0.407. The largest absolute Gasteiger partial charge is 0.489 e. The normalized spacial score (nSPS) is 17.9. The molecule has 3 aromatic rings. The maximum atomic E-state index is 14.8. The lowest BCUT2D eigenvalue weighted by Crippen LogP contribution is -2.44. The number of ether oxygens (including phenoxy) is 3. The lowest BCUT2D eigenvalue weighted by atomic mass is 9.86. The first-order valence-electron chi connectivity index (χ1n) is 12.3. The zero-order chi connectivity index (χ0) is 27.4. The highest BCUT2D eigenvalue weighted by molar-refractivity contribution is 5.87. The molecule has 1 amide bonds. The predicted molar refractivity (Wildman–Crippen MR) is 134 cm³/mol. The lowest BCUT2D eigenvalue weighted by molar-refractivity contribution is -0.172. The van der Waals surface area contributed by atoms with Crippen molar-refractivity contribution in [3.8, 4) is 17.1 Å². The van der Waals surface area contributed by atoms with Crippen molar-refractivity contribution in [3.05, 3.63) is 57.1 Å². The van der Waals surface area contributed by atoms with Crippen LogP contribution in [0.5, 0.6) is 5.75 Å². The van der Waals surface area contributed by atoms with Gasteiger partial charge in [-0.3, -0.25) is 4.79 Å². The number of carbonyl (C=O) groups is 2. The second-order valence-corrected chi connectivity index (χ2v) is 10.4. The van der Waals surface area contributed by atoms with E-state index in [4.69, 9.17) is 14.2 Å². The minimum absolute atomic E-state index is 0.00273. The van der Waals surface area contributed by atoms with Crippen LogP contribution in [0.2, 0.25) is 0 Å². The fourth-order valence-corrected chi connectivity index (χ4v) is 4.72. The first-order chi connectivity index (χ1) is 17.9. The zero-order valence-corrected chi connectivity index (χ0v) is 21.5. The van der Waals surface area contributed by atoms with Crippen molar-refractivity contribution in [3.63, 3.8) is 0 Å². The molecule has 0 saturated heterocycles. The van der Waals surface area contributed by atoms with Crippen LogP contribution in [0.1, 0.15) is 50.8 Å². The molecule has 10 nitrogen and oxygen atoms in total. The predicted octanol–water partition coefficient (Wildman–Crippen LogP) is 3.12. The summed E-state index contributed by atoms with van der Waals surface area (Å²) in [6.07, 6.45) is -0.550. The number of carbonyl (C=O) groups excluding carboxylic acids is 2. The van der Waals surface area contributed by atoms with E-state index in [0.29, 0.717) is 22.3 Å². The van der Waals surface area contributed by atoms with E-state index in [1.54, 1.807) is 33.8 Å². The van der Waals surface area contributed by atoms with Crippen molar-refractivity contribution in [2.45, 2.75) is 58.5 Å². The number of halogens is 1. The second kappa shape index (κ2) is 9.09. The van der Waals surface area contributed by atoms with Crippen LogP contribution >= 0.6 is 0 Å². The summed E-state index contributed by atoms with van der Waals surface area (Å²) in [5.41, 5.74) is -0.461. The Kier molecular flexibility index (Phi) is 6.13. The number of hydrogen-bond acceptors (Lipinski definition) is 8. The van der Waals surface area contributed by atoms with E-state index in [9.17, 15) is 23.9 Å². The molecule has 0 radical (unpaired) electrons. The monoisotopic (exact) mass is 525 g/mol. The Morgan fingerprint density at radius 2 is 2.03 bits per heavy atom. The van der Waals surface area contributed by atoms with Gasteiger partial charge in [-0.25, -0.2) is 19.0 Å². The summed E-state index contributed by atoms with van der Waals surface area (Å²) in [7, 11) is 0. The van der Waals surface area contributed by atoms with Gasteiger partial charge in [0, 0.05) is 22.6 Å². The molecule has 11 heteroatoms. The molecular weight excluding hydrogens is 497 g/mol. The number of pyridine rings is 2.